The molecule has 1 atom stereocenters. The van der Waals surface area contributed by atoms with E-state index in [1.165, 1.54) is 52.2 Å². The van der Waals surface area contributed by atoms with Crippen molar-refractivity contribution in [3.63, 3.8) is 0 Å². The number of amides is 2. The van der Waals surface area contributed by atoms with Crippen molar-refractivity contribution < 1.29 is 40.3 Å². The molecule has 0 N–H and O–H groups in total. The molecule has 3 aromatic rings. The Morgan fingerprint density at radius 1 is 0.889 bits per heavy atom. The number of aryl methyl sites for hydroxylation is 1. The summed E-state index contributed by atoms with van der Waals surface area (Å²) in [5.41, 5.74) is -3.63. The maximum Gasteiger partial charge on any atom is 0.416 e. The van der Waals surface area contributed by atoms with Crippen LogP contribution in [-0.2, 0) is 27.4 Å². The largest absolute Gasteiger partial charge is 0.416 e. The minimum atomic E-state index is -5.08. The molecule has 1 fully saturated rings. The topological polar surface area (TPSA) is 56.8 Å². The number of benzene rings is 2. The van der Waals surface area contributed by atoms with Crippen molar-refractivity contribution in [3.8, 4) is 11.1 Å². The van der Waals surface area contributed by atoms with Crippen LogP contribution < -0.4 is 9.80 Å². The average molecular weight is 639 g/mol. The van der Waals surface area contributed by atoms with Gasteiger partial charge in [0.1, 0.15) is 11.6 Å². The van der Waals surface area contributed by atoms with E-state index in [1.807, 2.05) is 4.90 Å². The van der Waals surface area contributed by atoms with Gasteiger partial charge in [0.05, 0.1) is 34.5 Å². The predicted molar refractivity (Wildman–Crippen MR) is 156 cm³/mol. The van der Waals surface area contributed by atoms with Gasteiger partial charge in [0, 0.05) is 39.7 Å². The monoisotopic (exact) mass is 638 g/mol. The second-order valence-corrected chi connectivity index (χ2v) is 11.8. The number of carbonyl (C=O) groups excluding carboxylic acids is 2. The molecule has 1 aliphatic heterocycles. The molecule has 0 bridgehead atoms. The minimum absolute atomic E-state index is 0.0168. The van der Waals surface area contributed by atoms with Crippen molar-refractivity contribution in [1.82, 2.24) is 9.88 Å². The highest BCUT2D eigenvalue weighted by Crippen LogP contribution is 2.41. The number of anilines is 2. The van der Waals surface area contributed by atoms with Gasteiger partial charge in [-0.2, -0.15) is 26.3 Å². The molecule has 45 heavy (non-hydrogen) atoms. The molecule has 2 heterocycles. The number of likely N-dealkylation sites (N-methyl/N-ethyl adjacent to an activating group) is 2. The summed E-state index contributed by atoms with van der Waals surface area (Å²) < 4.78 is 95.7. The zero-order chi connectivity index (χ0) is 33.6. The summed E-state index contributed by atoms with van der Waals surface area (Å²) in [6.07, 6.45) is -8.08. The molecule has 2 aromatic carbocycles. The van der Waals surface area contributed by atoms with Crippen molar-refractivity contribution in [3.05, 3.63) is 76.7 Å². The highest BCUT2D eigenvalue weighted by molar-refractivity contribution is 6.03. The van der Waals surface area contributed by atoms with Crippen molar-refractivity contribution in [2.24, 2.45) is 0 Å². The van der Waals surface area contributed by atoms with Gasteiger partial charge in [0.15, 0.2) is 0 Å². The molecule has 4 rings (SSSR count). The standard InChI is InChI=1S/C32H33F7N4O2/c1-18-11-23(33)7-8-25(18)26-15-28(43-10-9-24(17-43)41(5)19(2)44)40-16-27(26)42(6)29(45)30(3,4)20-12-21(31(34,35)36)14-22(13-20)32(37,38)39/h7-8,11-16,24H,9-10,17H2,1-6H3. The molecular formula is C32H33F7N4O2. The molecule has 0 spiro atoms. The lowest BCUT2D eigenvalue weighted by molar-refractivity contribution is -0.143. The number of alkyl halides is 6. The first kappa shape index (κ1) is 33.7. The average Bonchev–Trinajstić information content (AvgIpc) is 3.45. The SMILES string of the molecule is CC(=O)N(C)C1CCN(c2cc(-c3ccc(F)cc3C)c(N(C)C(=O)C(C)(C)c3cc(C(F)(F)F)cc(C(F)(F)F)c3)cn2)C1. The van der Waals surface area contributed by atoms with Gasteiger partial charge in [-0.3, -0.25) is 9.59 Å². The summed E-state index contributed by atoms with van der Waals surface area (Å²) in [4.78, 5) is 35.1. The van der Waals surface area contributed by atoms with E-state index in [0.717, 1.165) is 4.90 Å². The number of aromatic nitrogens is 1. The van der Waals surface area contributed by atoms with Crippen LogP contribution in [0.2, 0.25) is 0 Å². The van der Waals surface area contributed by atoms with Gasteiger partial charge in [-0.15, -0.1) is 0 Å². The third-order valence-electron chi connectivity index (χ3n) is 8.39. The molecule has 0 radical (unpaired) electrons. The van der Waals surface area contributed by atoms with E-state index >= 15 is 0 Å². The lowest BCUT2D eigenvalue weighted by atomic mass is 9.81. The van der Waals surface area contributed by atoms with Gasteiger partial charge in [-0.25, -0.2) is 9.37 Å². The Hall–Kier alpha value is -4.16. The fraction of sp³-hybridized carbons (Fsp3) is 0.406. The van der Waals surface area contributed by atoms with Crippen molar-refractivity contribution >= 4 is 23.3 Å². The van der Waals surface area contributed by atoms with Crippen LogP contribution >= 0.6 is 0 Å². The van der Waals surface area contributed by atoms with Crippen molar-refractivity contribution in [2.75, 3.05) is 37.0 Å². The number of halogens is 7. The highest BCUT2D eigenvalue weighted by Gasteiger charge is 2.41. The Morgan fingerprint density at radius 2 is 1.47 bits per heavy atom. The smallest absolute Gasteiger partial charge is 0.354 e. The second kappa shape index (κ2) is 12.0. The van der Waals surface area contributed by atoms with Crippen LogP contribution in [0, 0.1) is 12.7 Å². The first-order valence-corrected chi connectivity index (χ1v) is 14.0. The normalized spacial score (nSPS) is 15.8. The fourth-order valence-electron chi connectivity index (χ4n) is 5.51. The number of pyridine rings is 1. The molecule has 1 unspecified atom stereocenters. The summed E-state index contributed by atoms with van der Waals surface area (Å²) in [5.74, 6) is -0.851. The van der Waals surface area contributed by atoms with E-state index in [-0.39, 0.29) is 23.7 Å². The van der Waals surface area contributed by atoms with Crippen LogP contribution in [0.5, 0.6) is 0 Å². The molecule has 1 aliphatic rings. The maximum absolute atomic E-state index is 14.1. The van der Waals surface area contributed by atoms with Gasteiger partial charge in [0.25, 0.3) is 0 Å². The summed E-state index contributed by atoms with van der Waals surface area (Å²) in [6, 6.07) is 6.84. The van der Waals surface area contributed by atoms with Crippen LogP contribution in [0.4, 0.5) is 42.2 Å². The second-order valence-electron chi connectivity index (χ2n) is 11.8. The van der Waals surface area contributed by atoms with Gasteiger partial charge in [-0.1, -0.05) is 6.07 Å². The molecule has 2 amide bonds. The quantitative estimate of drug-likeness (QED) is 0.268. The zero-order valence-corrected chi connectivity index (χ0v) is 25.6. The lowest BCUT2D eigenvalue weighted by Crippen LogP contribution is -2.42. The van der Waals surface area contributed by atoms with Crippen LogP contribution in [0.15, 0.2) is 48.7 Å². The van der Waals surface area contributed by atoms with Crippen LogP contribution in [-0.4, -0.2) is 54.9 Å². The number of rotatable bonds is 6. The van der Waals surface area contributed by atoms with E-state index in [1.54, 1.807) is 24.9 Å². The predicted octanol–water partition coefficient (Wildman–Crippen LogP) is 7.23. The van der Waals surface area contributed by atoms with Crippen LogP contribution in [0.25, 0.3) is 11.1 Å². The summed E-state index contributed by atoms with van der Waals surface area (Å²) >= 11 is 0. The minimum Gasteiger partial charge on any atom is -0.354 e. The fourth-order valence-corrected chi connectivity index (χ4v) is 5.51. The molecule has 1 aromatic heterocycles. The maximum atomic E-state index is 14.1. The van der Waals surface area contributed by atoms with E-state index < -0.39 is 46.2 Å². The Kier molecular flexibility index (Phi) is 8.98. The number of hydrogen-bond acceptors (Lipinski definition) is 4. The molecule has 242 valence electrons. The first-order valence-electron chi connectivity index (χ1n) is 14.0. The number of hydrogen-bond donors (Lipinski definition) is 0. The molecule has 0 aliphatic carbocycles. The van der Waals surface area contributed by atoms with E-state index in [0.29, 0.717) is 54.2 Å². The van der Waals surface area contributed by atoms with E-state index in [9.17, 15) is 40.3 Å². The van der Waals surface area contributed by atoms with Crippen LogP contribution in [0.1, 0.15) is 49.4 Å². The third-order valence-corrected chi connectivity index (χ3v) is 8.39. The third kappa shape index (κ3) is 6.91. The highest BCUT2D eigenvalue weighted by atomic mass is 19.4. The van der Waals surface area contributed by atoms with Gasteiger partial charge >= 0.3 is 12.4 Å². The van der Waals surface area contributed by atoms with E-state index in [2.05, 4.69) is 4.98 Å². The summed E-state index contributed by atoms with van der Waals surface area (Å²) in [6.45, 7) is 6.72. The molecule has 6 nitrogen and oxygen atoms in total. The summed E-state index contributed by atoms with van der Waals surface area (Å²) in [5, 5.41) is 0. The van der Waals surface area contributed by atoms with Crippen molar-refractivity contribution in [1.29, 1.82) is 0 Å². The molecule has 0 saturated carbocycles. The Morgan fingerprint density at radius 3 is 2.00 bits per heavy atom. The van der Waals surface area contributed by atoms with E-state index in [4.69, 9.17) is 0 Å². The number of carbonyl (C=O) groups is 2. The molecular weight excluding hydrogens is 605 g/mol. The van der Waals surface area contributed by atoms with Gasteiger partial charge in [0.2, 0.25) is 11.8 Å². The molecule has 1 saturated heterocycles. The molecule has 13 heteroatoms. The number of nitrogens with zero attached hydrogens (tertiary/aromatic N) is 4. The first-order chi connectivity index (χ1) is 20.7. The van der Waals surface area contributed by atoms with Crippen LogP contribution in [0.3, 0.4) is 0 Å². The summed E-state index contributed by atoms with van der Waals surface area (Å²) in [7, 11) is 3.07. The zero-order valence-electron chi connectivity index (χ0n) is 25.6. The van der Waals surface area contributed by atoms with Gasteiger partial charge in [-0.05, 0) is 80.3 Å². The van der Waals surface area contributed by atoms with Gasteiger partial charge < -0.3 is 14.7 Å². The van der Waals surface area contributed by atoms with Crippen molar-refractivity contribution in [2.45, 2.75) is 57.9 Å². The Bertz CT molecular complexity index is 1590. The Labute approximate surface area is 256 Å². The Balaban J connectivity index is 1.79. The lowest BCUT2D eigenvalue weighted by Gasteiger charge is -2.32.